The Hall–Kier alpha value is -1.18. The average molecular weight is 420 g/mol. The maximum Gasteiger partial charge on any atom is 0.206 e. The van der Waals surface area contributed by atoms with Crippen molar-refractivity contribution in [1.82, 2.24) is 5.43 Å². The van der Waals surface area contributed by atoms with Crippen LogP contribution >= 0.6 is 0 Å². The number of hydrogen-bond acceptors (Lipinski definition) is 5. The van der Waals surface area contributed by atoms with Gasteiger partial charge in [0.25, 0.3) is 0 Å². The molecule has 0 aromatic heterocycles. The van der Waals surface area contributed by atoms with Crippen molar-refractivity contribution >= 4 is 11.7 Å². The lowest BCUT2D eigenvalue weighted by atomic mass is 9.44. The molecule has 0 spiro atoms. The van der Waals surface area contributed by atoms with Gasteiger partial charge in [-0.2, -0.15) is 5.10 Å². The second-order valence-corrected chi connectivity index (χ2v) is 10.8. The van der Waals surface area contributed by atoms with Gasteiger partial charge in [-0.1, -0.05) is 13.8 Å². The highest BCUT2D eigenvalue weighted by molar-refractivity contribution is 5.94. The average Bonchev–Trinajstić information content (AvgIpc) is 2.97. The molecule has 4 rings (SSSR count). The molecule has 4 fully saturated rings. The molecule has 7 N–H and O–H groups in total. The molecule has 0 unspecified atom stereocenters. The summed E-state index contributed by atoms with van der Waals surface area (Å²) in [7, 11) is 0. The fraction of sp³-hybridized carbons (Fsp3) is 0.913. The van der Waals surface area contributed by atoms with Gasteiger partial charge in [0.15, 0.2) is 0 Å². The van der Waals surface area contributed by atoms with Crippen molar-refractivity contribution < 1.29 is 9.84 Å². The van der Waals surface area contributed by atoms with Gasteiger partial charge in [0.2, 0.25) is 5.96 Å². The van der Waals surface area contributed by atoms with Crippen molar-refractivity contribution in [2.75, 3.05) is 13.2 Å². The first-order chi connectivity index (χ1) is 14.2. The molecule has 4 aliphatic carbocycles. The summed E-state index contributed by atoms with van der Waals surface area (Å²) in [5.41, 5.74) is 14.0. The molecule has 0 bridgehead atoms. The largest absolute Gasteiger partial charge is 0.389 e. The van der Waals surface area contributed by atoms with E-state index in [2.05, 4.69) is 24.4 Å². The predicted octanol–water partition coefficient (Wildman–Crippen LogP) is 2.72. The highest BCUT2D eigenvalue weighted by atomic mass is 16.5. The Morgan fingerprint density at radius 1 is 1.20 bits per heavy atom. The minimum Gasteiger partial charge on any atom is -0.389 e. The highest BCUT2D eigenvalue weighted by Crippen LogP contribution is 2.67. The topological polar surface area (TPSA) is 130 Å². The molecule has 0 heterocycles. The first-order valence-corrected chi connectivity index (χ1v) is 12.0. The Bertz CT molecular complexity index is 699. The van der Waals surface area contributed by atoms with Crippen LogP contribution in [0.5, 0.6) is 0 Å². The summed E-state index contributed by atoms with van der Waals surface area (Å²) in [6.07, 6.45) is 10.8. The molecule has 0 saturated heterocycles. The third-order valence-electron chi connectivity index (χ3n) is 9.56. The summed E-state index contributed by atoms with van der Waals surface area (Å²) in [4.78, 5) is 0. The number of nitrogens with one attached hydrogen (secondary N) is 2. The van der Waals surface area contributed by atoms with E-state index < -0.39 is 5.60 Å². The van der Waals surface area contributed by atoms with E-state index in [1.54, 1.807) is 0 Å². The van der Waals surface area contributed by atoms with E-state index in [1.165, 1.54) is 12.8 Å². The van der Waals surface area contributed by atoms with E-state index in [0.29, 0.717) is 35.8 Å². The van der Waals surface area contributed by atoms with Crippen LogP contribution in [0.1, 0.15) is 78.1 Å². The fourth-order valence-electron chi connectivity index (χ4n) is 7.76. The zero-order chi connectivity index (χ0) is 21.6. The molecule has 170 valence electrons. The van der Waals surface area contributed by atoms with Gasteiger partial charge in [-0.3, -0.25) is 5.41 Å². The van der Waals surface area contributed by atoms with Crippen molar-refractivity contribution in [3.63, 3.8) is 0 Å². The van der Waals surface area contributed by atoms with Gasteiger partial charge in [-0.05, 0) is 93.9 Å². The van der Waals surface area contributed by atoms with Gasteiger partial charge >= 0.3 is 0 Å². The number of nitrogens with zero attached hydrogens (tertiary/aromatic N) is 1. The third kappa shape index (κ3) is 3.37. The van der Waals surface area contributed by atoms with Gasteiger partial charge in [-0.15, -0.1) is 0 Å². The molecule has 0 aromatic rings. The first kappa shape index (κ1) is 22.0. The van der Waals surface area contributed by atoms with Crippen molar-refractivity contribution in [2.45, 2.75) is 89.8 Å². The zero-order valence-electron chi connectivity index (χ0n) is 18.8. The van der Waals surface area contributed by atoms with Crippen molar-refractivity contribution in [2.24, 2.45) is 45.2 Å². The minimum absolute atomic E-state index is 0.145. The van der Waals surface area contributed by atoms with Crippen molar-refractivity contribution in [1.29, 1.82) is 5.41 Å². The molecule has 7 heteroatoms. The normalized spacial score (nSPS) is 46.7. The van der Waals surface area contributed by atoms with Crippen LogP contribution in [0.15, 0.2) is 5.10 Å². The fourth-order valence-corrected chi connectivity index (χ4v) is 7.76. The summed E-state index contributed by atoms with van der Waals surface area (Å²) in [6.45, 7) is 6.17. The Morgan fingerprint density at radius 2 is 2.00 bits per heavy atom. The molecule has 7 nitrogen and oxygen atoms in total. The molecule has 0 aliphatic heterocycles. The van der Waals surface area contributed by atoms with Crippen LogP contribution in [0, 0.1) is 34.0 Å². The summed E-state index contributed by atoms with van der Waals surface area (Å²) >= 11 is 0. The van der Waals surface area contributed by atoms with Crippen LogP contribution in [0.3, 0.4) is 0 Å². The quantitative estimate of drug-likeness (QED) is 0.202. The highest BCUT2D eigenvalue weighted by Gasteiger charge is 2.66. The first-order valence-electron chi connectivity index (χ1n) is 12.0. The van der Waals surface area contributed by atoms with Crippen molar-refractivity contribution in [3.8, 4) is 0 Å². The molecule has 4 aliphatic rings. The number of ether oxygens (including phenoxy) is 1. The Labute approximate surface area is 180 Å². The standard InChI is InChI=1S/C23H41N5O2/c1-21-9-6-16(30-13-3-12-24)14-15(21)4-5-18-17(21)7-10-22(2)19(27-28-20(25)26)8-11-23(18,22)29/h15-18,29H,3-14,24H2,1-2H3,(H4,25,26,28)/b27-19+/t15-,16+,17+,18-,21+,22-,23+/m1/s1. The Morgan fingerprint density at radius 3 is 2.73 bits per heavy atom. The number of nitrogens with two attached hydrogens (primary N) is 2. The molecule has 30 heavy (non-hydrogen) atoms. The number of guanidine groups is 1. The van der Waals surface area contributed by atoms with E-state index in [-0.39, 0.29) is 11.4 Å². The molecular formula is C23H41N5O2. The Balaban J connectivity index is 1.51. The lowest BCUT2D eigenvalue weighted by Gasteiger charge is -2.63. The van der Waals surface area contributed by atoms with E-state index >= 15 is 0 Å². The van der Waals surface area contributed by atoms with Crippen LogP contribution in [0.2, 0.25) is 0 Å². The minimum atomic E-state index is -0.699. The van der Waals surface area contributed by atoms with Gasteiger partial charge in [-0.25, -0.2) is 5.43 Å². The summed E-state index contributed by atoms with van der Waals surface area (Å²) in [5.74, 6) is 1.45. The number of fused-ring (bicyclic) bond motifs is 5. The molecule has 0 aromatic carbocycles. The van der Waals surface area contributed by atoms with E-state index in [1.807, 2.05) is 0 Å². The molecule has 7 atom stereocenters. The maximum absolute atomic E-state index is 12.1. The molecule has 0 radical (unpaired) electrons. The monoisotopic (exact) mass is 419 g/mol. The third-order valence-corrected chi connectivity index (χ3v) is 9.56. The SMILES string of the molecule is C[C@]12CC[C@H](OCCCN)C[C@H]1CC[C@@H]1[C@@H]2CC[C@]2(C)/C(=N/NC(=N)N)CC[C@]12O. The number of rotatable bonds is 5. The molecule has 0 amide bonds. The van der Waals surface area contributed by atoms with E-state index in [4.69, 9.17) is 21.6 Å². The lowest BCUT2D eigenvalue weighted by Crippen LogP contribution is -2.62. The van der Waals surface area contributed by atoms with Gasteiger partial charge < -0.3 is 21.3 Å². The number of aliphatic hydroxyl groups is 1. The summed E-state index contributed by atoms with van der Waals surface area (Å²) in [5, 5.41) is 23.9. The number of hydrogen-bond donors (Lipinski definition) is 5. The summed E-state index contributed by atoms with van der Waals surface area (Å²) in [6, 6.07) is 0. The van der Waals surface area contributed by atoms with Gasteiger partial charge in [0.1, 0.15) is 0 Å². The van der Waals surface area contributed by atoms with Crippen LogP contribution in [-0.4, -0.2) is 41.6 Å². The second-order valence-electron chi connectivity index (χ2n) is 10.8. The van der Waals surface area contributed by atoms with E-state index in [0.717, 1.165) is 63.7 Å². The number of hydrazone groups is 1. The maximum atomic E-state index is 12.1. The summed E-state index contributed by atoms with van der Waals surface area (Å²) < 4.78 is 6.14. The molecule has 4 saturated carbocycles. The Kier molecular flexibility index (Phi) is 5.92. The zero-order valence-corrected chi connectivity index (χ0v) is 18.8. The van der Waals surface area contributed by atoms with Crippen molar-refractivity contribution in [3.05, 3.63) is 0 Å². The smallest absolute Gasteiger partial charge is 0.206 e. The van der Waals surface area contributed by atoms with Gasteiger partial charge in [0.05, 0.1) is 11.7 Å². The van der Waals surface area contributed by atoms with E-state index in [9.17, 15) is 5.11 Å². The lowest BCUT2D eigenvalue weighted by molar-refractivity contribution is -0.193. The van der Waals surface area contributed by atoms with Crippen LogP contribution < -0.4 is 16.9 Å². The van der Waals surface area contributed by atoms with Crippen LogP contribution in [0.25, 0.3) is 0 Å². The van der Waals surface area contributed by atoms with Gasteiger partial charge in [0, 0.05) is 17.7 Å². The molecular weight excluding hydrogens is 378 g/mol. The van der Waals surface area contributed by atoms with Crippen LogP contribution in [0.4, 0.5) is 0 Å². The van der Waals surface area contributed by atoms with Crippen LogP contribution in [-0.2, 0) is 4.74 Å². The predicted molar refractivity (Wildman–Crippen MR) is 119 cm³/mol. The second kappa shape index (κ2) is 8.06.